The van der Waals surface area contributed by atoms with Crippen molar-refractivity contribution in [2.45, 2.75) is 6.92 Å². The minimum atomic E-state index is -3.80. The second-order valence-corrected chi connectivity index (χ2v) is 8.19. The van der Waals surface area contributed by atoms with Crippen molar-refractivity contribution in [2.24, 2.45) is 5.92 Å². The van der Waals surface area contributed by atoms with Gasteiger partial charge in [0.2, 0.25) is 15.9 Å². The standard InChI is InChI=1S/C18H16N2O7S/c1-10-9-28(26,27)20(17(10)23)13-4-2-3-11(7-13)16(22)19-12-5-6-15(21)14(8-12)18(24)25/h2-8,10,21H,9H2,1H3,(H,19,22)(H,24,25)/t10-/m0/s1. The van der Waals surface area contributed by atoms with Gasteiger partial charge in [-0.2, -0.15) is 0 Å². The minimum Gasteiger partial charge on any atom is -0.507 e. The SMILES string of the molecule is C[C@H]1CS(=O)(=O)N(c2cccc(C(=O)Nc3ccc(O)c(C(=O)O)c3)c2)C1=O. The average Bonchev–Trinajstić information content (AvgIpc) is 2.83. The van der Waals surface area contributed by atoms with E-state index in [-0.39, 0.29) is 28.3 Å². The highest BCUT2D eigenvalue weighted by molar-refractivity contribution is 7.94. The van der Waals surface area contributed by atoms with Crippen molar-refractivity contribution < 1.29 is 33.0 Å². The Morgan fingerprint density at radius 1 is 1.18 bits per heavy atom. The summed E-state index contributed by atoms with van der Waals surface area (Å²) in [5, 5.41) is 21.0. The monoisotopic (exact) mass is 404 g/mol. The lowest BCUT2D eigenvalue weighted by atomic mass is 10.1. The maximum absolute atomic E-state index is 12.5. The first-order valence-corrected chi connectivity index (χ1v) is 9.75. The lowest BCUT2D eigenvalue weighted by Crippen LogP contribution is -2.30. The van der Waals surface area contributed by atoms with Crippen LogP contribution in [0.2, 0.25) is 0 Å². The molecule has 1 saturated heterocycles. The van der Waals surface area contributed by atoms with Crippen LogP contribution in [0.1, 0.15) is 27.6 Å². The molecule has 1 fully saturated rings. The molecule has 1 atom stereocenters. The Hall–Kier alpha value is -3.40. The Balaban J connectivity index is 1.89. The molecule has 2 amide bonds. The number of nitrogens with one attached hydrogen (secondary N) is 1. The number of aromatic hydroxyl groups is 1. The molecule has 1 aliphatic rings. The van der Waals surface area contributed by atoms with Crippen molar-refractivity contribution in [3.05, 3.63) is 53.6 Å². The largest absolute Gasteiger partial charge is 0.507 e. The second kappa shape index (κ2) is 6.97. The summed E-state index contributed by atoms with van der Waals surface area (Å²) in [6.45, 7) is 1.52. The highest BCUT2D eigenvalue weighted by Crippen LogP contribution is 2.29. The first-order valence-electron chi connectivity index (χ1n) is 8.15. The molecule has 10 heteroatoms. The molecule has 146 valence electrons. The molecule has 9 nitrogen and oxygen atoms in total. The molecule has 0 aliphatic carbocycles. The number of hydrogen-bond donors (Lipinski definition) is 3. The Morgan fingerprint density at radius 2 is 1.89 bits per heavy atom. The fourth-order valence-electron chi connectivity index (χ4n) is 2.85. The molecule has 0 bridgehead atoms. The van der Waals surface area contributed by atoms with Crippen LogP contribution in [0.3, 0.4) is 0 Å². The molecule has 28 heavy (non-hydrogen) atoms. The zero-order valence-corrected chi connectivity index (χ0v) is 15.4. The van der Waals surface area contributed by atoms with E-state index in [1.54, 1.807) is 0 Å². The normalized spacial score (nSPS) is 18.1. The quantitative estimate of drug-likeness (QED) is 0.658. The Labute approximate surface area is 160 Å². The molecular weight excluding hydrogens is 388 g/mol. The number of rotatable bonds is 4. The van der Waals surface area contributed by atoms with Crippen molar-refractivity contribution in [2.75, 3.05) is 15.4 Å². The molecule has 0 saturated carbocycles. The van der Waals surface area contributed by atoms with Gasteiger partial charge in [-0.25, -0.2) is 17.5 Å². The lowest BCUT2D eigenvalue weighted by Gasteiger charge is -2.16. The molecular formula is C18H16N2O7S. The second-order valence-electron chi connectivity index (χ2n) is 6.32. The Bertz CT molecular complexity index is 1090. The number of phenols is 1. The van der Waals surface area contributed by atoms with Crippen LogP contribution < -0.4 is 9.62 Å². The number of carboxylic acids is 1. The van der Waals surface area contributed by atoms with E-state index < -0.39 is 39.5 Å². The lowest BCUT2D eigenvalue weighted by molar-refractivity contribution is -0.119. The molecule has 2 aromatic carbocycles. The van der Waals surface area contributed by atoms with Crippen molar-refractivity contribution >= 4 is 39.2 Å². The summed E-state index contributed by atoms with van der Waals surface area (Å²) in [7, 11) is -3.80. The van der Waals surface area contributed by atoms with Crippen molar-refractivity contribution in [3.63, 3.8) is 0 Å². The third kappa shape index (κ3) is 3.54. The Kier molecular flexibility index (Phi) is 4.82. The molecule has 1 aliphatic heterocycles. The number of amides is 2. The maximum atomic E-state index is 12.5. The summed E-state index contributed by atoms with van der Waals surface area (Å²) in [6, 6.07) is 9.08. The summed E-state index contributed by atoms with van der Waals surface area (Å²) in [6.07, 6.45) is 0. The zero-order chi connectivity index (χ0) is 20.6. The van der Waals surface area contributed by atoms with Crippen LogP contribution >= 0.6 is 0 Å². The summed E-state index contributed by atoms with van der Waals surface area (Å²) in [5.74, 6) is -3.98. The van der Waals surface area contributed by atoms with E-state index in [9.17, 15) is 27.9 Å². The van der Waals surface area contributed by atoms with Crippen LogP contribution in [0.5, 0.6) is 5.75 Å². The van der Waals surface area contributed by atoms with Gasteiger partial charge in [-0.3, -0.25) is 9.59 Å². The van der Waals surface area contributed by atoms with Crippen LogP contribution in [0.4, 0.5) is 11.4 Å². The van der Waals surface area contributed by atoms with Gasteiger partial charge in [-0.15, -0.1) is 0 Å². The van der Waals surface area contributed by atoms with Crippen molar-refractivity contribution in [1.82, 2.24) is 0 Å². The fourth-order valence-corrected chi connectivity index (χ4v) is 4.66. The van der Waals surface area contributed by atoms with Gasteiger partial charge in [0.05, 0.1) is 17.4 Å². The summed E-state index contributed by atoms with van der Waals surface area (Å²) in [5.41, 5.74) is -0.123. The van der Waals surface area contributed by atoms with E-state index in [0.717, 1.165) is 12.1 Å². The van der Waals surface area contributed by atoms with Gasteiger partial charge in [-0.1, -0.05) is 13.0 Å². The van der Waals surface area contributed by atoms with E-state index in [1.165, 1.54) is 37.3 Å². The van der Waals surface area contributed by atoms with Gasteiger partial charge in [0.15, 0.2) is 0 Å². The minimum absolute atomic E-state index is 0.0546. The zero-order valence-electron chi connectivity index (χ0n) is 14.6. The van der Waals surface area contributed by atoms with Crippen molar-refractivity contribution in [1.29, 1.82) is 0 Å². The highest BCUT2D eigenvalue weighted by Gasteiger charge is 2.42. The van der Waals surface area contributed by atoms with Crippen LogP contribution in [0.25, 0.3) is 0 Å². The number of hydrogen-bond acceptors (Lipinski definition) is 6. The van der Waals surface area contributed by atoms with Crippen LogP contribution in [-0.2, 0) is 14.8 Å². The van der Waals surface area contributed by atoms with E-state index in [2.05, 4.69) is 5.32 Å². The molecule has 0 unspecified atom stereocenters. The number of nitrogens with zero attached hydrogens (tertiary/aromatic N) is 1. The first kappa shape index (κ1) is 19.4. The van der Waals surface area contributed by atoms with Gasteiger partial charge in [-0.05, 0) is 36.4 Å². The van der Waals surface area contributed by atoms with Gasteiger partial charge >= 0.3 is 5.97 Å². The first-order chi connectivity index (χ1) is 13.1. The summed E-state index contributed by atoms with van der Waals surface area (Å²) in [4.78, 5) is 35.7. The van der Waals surface area contributed by atoms with Crippen LogP contribution in [0, 0.1) is 5.92 Å². The van der Waals surface area contributed by atoms with Gasteiger partial charge in [0.25, 0.3) is 5.91 Å². The van der Waals surface area contributed by atoms with Gasteiger partial charge in [0.1, 0.15) is 11.3 Å². The predicted octanol–water partition coefficient (Wildman–Crippen LogP) is 1.66. The molecule has 1 heterocycles. The molecule has 0 radical (unpaired) electrons. The molecule has 0 aromatic heterocycles. The van der Waals surface area contributed by atoms with Gasteiger partial charge < -0.3 is 15.5 Å². The summed E-state index contributed by atoms with van der Waals surface area (Å²) >= 11 is 0. The van der Waals surface area contributed by atoms with Crippen molar-refractivity contribution in [3.8, 4) is 5.75 Å². The number of carbonyl (C=O) groups is 3. The van der Waals surface area contributed by atoms with Gasteiger partial charge in [0, 0.05) is 11.3 Å². The average molecular weight is 404 g/mol. The molecule has 0 spiro atoms. The number of anilines is 2. The predicted molar refractivity (Wildman–Crippen MR) is 99.9 cm³/mol. The molecule has 2 aromatic rings. The van der Waals surface area contributed by atoms with E-state index >= 15 is 0 Å². The third-order valence-corrected chi connectivity index (χ3v) is 6.06. The number of carboxylic acid groups (broad SMARTS) is 1. The third-order valence-electron chi connectivity index (χ3n) is 4.19. The molecule has 3 rings (SSSR count). The topological polar surface area (TPSA) is 141 Å². The highest BCUT2D eigenvalue weighted by atomic mass is 32.2. The Morgan fingerprint density at radius 3 is 2.50 bits per heavy atom. The van der Waals surface area contributed by atoms with E-state index in [0.29, 0.717) is 4.31 Å². The smallest absolute Gasteiger partial charge is 0.339 e. The van der Waals surface area contributed by atoms with Crippen LogP contribution in [-0.4, -0.2) is 42.2 Å². The number of benzene rings is 2. The summed E-state index contributed by atoms with van der Waals surface area (Å²) < 4.78 is 25.1. The maximum Gasteiger partial charge on any atom is 0.339 e. The van der Waals surface area contributed by atoms with E-state index in [1.807, 2.05) is 0 Å². The fraction of sp³-hybridized carbons (Fsp3) is 0.167. The number of carbonyl (C=O) groups excluding carboxylic acids is 2. The molecule has 3 N–H and O–H groups in total. The van der Waals surface area contributed by atoms with Crippen LogP contribution in [0.15, 0.2) is 42.5 Å². The van der Waals surface area contributed by atoms with E-state index in [4.69, 9.17) is 5.11 Å². The number of aromatic carboxylic acids is 1. The number of sulfonamides is 1.